The van der Waals surface area contributed by atoms with Crippen molar-refractivity contribution in [2.45, 2.75) is 13.8 Å². The number of nitrogens with one attached hydrogen (secondary N) is 2. The SMILES string of the molecule is CCOC(=O)c1cn2ncc(C#N)c(Nc3ccc4cn[nH]c4c3)c2c1C. The number of carbonyl (C=O) groups is 1. The van der Waals surface area contributed by atoms with E-state index >= 15 is 0 Å². The van der Waals surface area contributed by atoms with E-state index in [0.717, 1.165) is 16.6 Å². The van der Waals surface area contributed by atoms with Crippen molar-refractivity contribution >= 4 is 33.8 Å². The Balaban J connectivity index is 1.87. The first kappa shape index (κ1) is 16.6. The average molecular weight is 360 g/mol. The van der Waals surface area contributed by atoms with Crippen molar-refractivity contribution in [1.29, 1.82) is 5.26 Å². The van der Waals surface area contributed by atoms with Gasteiger partial charge in [-0.3, -0.25) is 5.10 Å². The Bertz CT molecular complexity index is 1210. The van der Waals surface area contributed by atoms with Crippen molar-refractivity contribution in [3.63, 3.8) is 0 Å². The number of H-pyrrole nitrogens is 1. The zero-order chi connectivity index (χ0) is 19.0. The van der Waals surface area contributed by atoms with Crippen molar-refractivity contribution in [3.05, 3.63) is 53.5 Å². The molecule has 0 amide bonds. The Morgan fingerprint density at radius 3 is 3.04 bits per heavy atom. The van der Waals surface area contributed by atoms with Gasteiger partial charge in [-0.25, -0.2) is 9.31 Å². The summed E-state index contributed by atoms with van der Waals surface area (Å²) in [7, 11) is 0. The van der Waals surface area contributed by atoms with Crippen LogP contribution in [0.15, 0.2) is 36.8 Å². The lowest BCUT2D eigenvalue weighted by atomic mass is 10.1. The maximum atomic E-state index is 12.2. The third-order valence-corrected chi connectivity index (χ3v) is 4.38. The summed E-state index contributed by atoms with van der Waals surface area (Å²) in [6, 6.07) is 7.90. The summed E-state index contributed by atoms with van der Waals surface area (Å²) in [5.74, 6) is -0.413. The van der Waals surface area contributed by atoms with E-state index in [4.69, 9.17) is 4.74 Å². The Morgan fingerprint density at radius 2 is 2.26 bits per heavy atom. The van der Waals surface area contributed by atoms with Gasteiger partial charge >= 0.3 is 5.97 Å². The van der Waals surface area contributed by atoms with Crippen molar-refractivity contribution < 1.29 is 9.53 Å². The topological polar surface area (TPSA) is 108 Å². The van der Waals surface area contributed by atoms with Gasteiger partial charge < -0.3 is 10.1 Å². The van der Waals surface area contributed by atoms with Crippen LogP contribution in [0.5, 0.6) is 0 Å². The van der Waals surface area contributed by atoms with E-state index in [9.17, 15) is 10.1 Å². The van der Waals surface area contributed by atoms with Gasteiger partial charge in [0.15, 0.2) is 0 Å². The number of rotatable bonds is 4. The molecule has 4 aromatic rings. The fourth-order valence-corrected chi connectivity index (χ4v) is 3.07. The summed E-state index contributed by atoms with van der Waals surface area (Å²) in [4.78, 5) is 12.2. The largest absolute Gasteiger partial charge is 0.462 e. The highest BCUT2D eigenvalue weighted by Gasteiger charge is 2.20. The lowest BCUT2D eigenvalue weighted by molar-refractivity contribution is 0.0525. The van der Waals surface area contributed by atoms with E-state index in [0.29, 0.717) is 27.9 Å². The number of aryl methyl sites for hydroxylation is 1. The van der Waals surface area contributed by atoms with Crippen molar-refractivity contribution in [2.24, 2.45) is 0 Å². The smallest absolute Gasteiger partial charge is 0.340 e. The summed E-state index contributed by atoms with van der Waals surface area (Å²) in [5.41, 5.74) is 4.40. The molecule has 0 aliphatic heterocycles. The Hall–Kier alpha value is -3.86. The average Bonchev–Trinajstić information content (AvgIpc) is 3.26. The highest BCUT2D eigenvalue weighted by atomic mass is 16.5. The fraction of sp³-hybridized carbons (Fsp3) is 0.158. The van der Waals surface area contributed by atoms with E-state index in [2.05, 4.69) is 26.7 Å². The van der Waals surface area contributed by atoms with Gasteiger partial charge in [0.1, 0.15) is 6.07 Å². The molecule has 0 fully saturated rings. The second kappa shape index (κ2) is 6.46. The minimum atomic E-state index is -0.413. The third-order valence-electron chi connectivity index (χ3n) is 4.38. The molecule has 3 heterocycles. The number of aromatic nitrogens is 4. The number of anilines is 2. The van der Waals surface area contributed by atoms with Gasteiger partial charge in [-0.15, -0.1) is 0 Å². The number of hydrogen-bond donors (Lipinski definition) is 2. The lowest BCUT2D eigenvalue weighted by Crippen LogP contribution is -2.04. The van der Waals surface area contributed by atoms with Crippen LogP contribution in [-0.2, 0) is 4.74 Å². The summed E-state index contributed by atoms with van der Waals surface area (Å²) in [6.07, 6.45) is 4.83. The normalized spacial score (nSPS) is 10.9. The number of ether oxygens (including phenoxy) is 1. The number of benzene rings is 1. The number of aromatic amines is 1. The van der Waals surface area contributed by atoms with Gasteiger partial charge in [-0.2, -0.15) is 15.5 Å². The number of nitrogens with zero attached hydrogens (tertiary/aromatic N) is 4. The van der Waals surface area contributed by atoms with Crippen LogP contribution in [0.4, 0.5) is 11.4 Å². The molecule has 0 unspecified atom stereocenters. The molecule has 3 aromatic heterocycles. The fourth-order valence-electron chi connectivity index (χ4n) is 3.07. The molecule has 0 spiro atoms. The van der Waals surface area contributed by atoms with Crippen LogP contribution in [0.25, 0.3) is 16.4 Å². The van der Waals surface area contributed by atoms with Crippen molar-refractivity contribution in [3.8, 4) is 6.07 Å². The molecule has 8 heteroatoms. The number of fused-ring (bicyclic) bond motifs is 2. The molecule has 4 rings (SSSR count). The van der Waals surface area contributed by atoms with E-state index in [1.54, 1.807) is 23.8 Å². The molecule has 27 heavy (non-hydrogen) atoms. The molecule has 8 nitrogen and oxygen atoms in total. The first-order valence-electron chi connectivity index (χ1n) is 8.40. The zero-order valence-electron chi connectivity index (χ0n) is 14.8. The van der Waals surface area contributed by atoms with Crippen molar-refractivity contribution in [2.75, 3.05) is 11.9 Å². The molecule has 0 aliphatic rings. The standard InChI is InChI=1S/C19H16N6O2/c1-3-27-19(26)15-10-25-18(11(15)2)17(13(7-20)9-22-25)23-14-5-4-12-8-21-24-16(12)6-14/h4-6,8-10,23H,3H2,1-2H3,(H,21,24). The highest BCUT2D eigenvalue weighted by Crippen LogP contribution is 2.31. The second-order valence-corrected chi connectivity index (χ2v) is 6.02. The molecule has 0 saturated carbocycles. The van der Waals surface area contributed by atoms with E-state index in [-0.39, 0.29) is 6.61 Å². The predicted octanol–water partition coefficient (Wildman–Crippen LogP) is 3.31. The van der Waals surface area contributed by atoms with Gasteiger partial charge in [0.2, 0.25) is 0 Å². The molecule has 2 N–H and O–H groups in total. The molecule has 0 radical (unpaired) electrons. The number of nitriles is 1. The Labute approximate surface area is 154 Å². The number of esters is 1. The first-order chi connectivity index (χ1) is 13.1. The van der Waals surface area contributed by atoms with Gasteiger partial charge in [0.25, 0.3) is 0 Å². The third kappa shape index (κ3) is 2.75. The van der Waals surface area contributed by atoms with Crippen molar-refractivity contribution in [1.82, 2.24) is 19.8 Å². The molecule has 0 saturated heterocycles. The maximum Gasteiger partial charge on any atom is 0.340 e. The van der Waals surface area contributed by atoms with Crippen LogP contribution in [0.1, 0.15) is 28.4 Å². The van der Waals surface area contributed by atoms with Crippen LogP contribution in [-0.4, -0.2) is 32.4 Å². The van der Waals surface area contributed by atoms with Crippen LogP contribution in [0.2, 0.25) is 0 Å². The van der Waals surface area contributed by atoms with Gasteiger partial charge in [-0.05, 0) is 37.6 Å². The van der Waals surface area contributed by atoms with Crippen LogP contribution in [0, 0.1) is 18.3 Å². The summed E-state index contributed by atoms with van der Waals surface area (Å²) < 4.78 is 6.70. The predicted molar refractivity (Wildman–Crippen MR) is 100.0 cm³/mol. The molecular formula is C19H16N6O2. The van der Waals surface area contributed by atoms with Crippen LogP contribution in [0.3, 0.4) is 0 Å². The molecular weight excluding hydrogens is 344 g/mol. The summed E-state index contributed by atoms with van der Waals surface area (Å²) in [6.45, 7) is 3.86. The van der Waals surface area contributed by atoms with Crippen LogP contribution < -0.4 is 5.32 Å². The second-order valence-electron chi connectivity index (χ2n) is 6.02. The zero-order valence-corrected chi connectivity index (χ0v) is 14.8. The summed E-state index contributed by atoms with van der Waals surface area (Å²) in [5, 5.41) is 25.0. The summed E-state index contributed by atoms with van der Waals surface area (Å²) >= 11 is 0. The highest BCUT2D eigenvalue weighted by molar-refractivity contribution is 5.97. The molecule has 134 valence electrons. The van der Waals surface area contributed by atoms with E-state index in [1.807, 2.05) is 25.1 Å². The monoisotopic (exact) mass is 360 g/mol. The molecule has 0 aliphatic carbocycles. The lowest BCUT2D eigenvalue weighted by Gasteiger charge is -2.11. The van der Waals surface area contributed by atoms with Gasteiger partial charge in [0, 0.05) is 17.3 Å². The van der Waals surface area contributed by atoms with Gasteiger partial charge in [-0.1, -0.05) is 0 Å². The van der Waals surface area contributed by atoms with Gasteiger partial charge in [0.05, 0.1) is 46.8 Å². The number of hydrogen-bond acceptors (Lipinski definition) is 6. The van der Waals surface area contributed by atoms with E-state index in [1.165, 1.54) is 6.20 Å². The molecule has 0 bridgehead atoms. The minimum absolute atomic E-state index is 0.288. The Morgan fingerprint density at radius 1 is 1.41 bits per heavy atom. The maximum absolute atomic E-state index is 12.2. The minimum Gasteiger partial charge on any atom is -0.462 e. The Kier molecular flexibility index (Phi) is 3.97. The molecule has 1 aromatic carbocycles. The quantitative estimate of drug-likeness (QED) is 0.541. The van der Waals surface area contributed by atoms with E-state index < -0.39 is 5.97 Å². The van der Waals surface area contributed by atoms with Crippen LogP contribution >= 0.6 is 0 Å². The molecule has 0 atom stereocenters. The number of carbonyl (C=O) groups excluding carboxylic acids is 1. The first-order valence-corrected chi connectivity index (χ1v) is 8.40.